The summed E-state index contributed by atoms with van der Waals surface area (Å²) in [6.07, 6.45) is 3.26. The van der Waals surface area contributed by atoms with Crippen LogP contribution in [0.25, 0.3) is 0 Å². The summed E-state index contributed by atoms with van der Waals surface area (Å²) >= 11 is 0. The quantitative estimate of drug-likeness (QED) is 0.687. The minimum Gasteiger partial charge on any atom is -0.229 e. The van der Waals surface area contributed by atoms with Crippen molar-refractivity contribution in [2.75, 3.05) is 5.75 Å². The zero-order valence-corrected chi connectivity index (χ0v) is 7.60. The van der Waals surface area contributed by atoms with Crippen molar-refractivity contribution in [3.63, 3.8) is 0 Å². The molecule has 1 atom stereocenters. The summed E-state index contributed by atoms with van der Waals surface area (Å²) < 4.78 is 21.1. The van der Waals surface area contributed by atoms with Gasteiger partial charge in [-0.3, -0.25) is 0 Å². The monoisotopic (exact) mass is 177 g/mol. The predicted octanol–water partition coefficient (Wildman–Crippen LogP) is 0.711. The first-order valence-electron chi connectivity index (χ1n) is 3.99. The van der Waals surface area contributed by atoms with E-state index < -0.39 is 10.0 Å². The number of nitrogens with two attached hydrogens (primary N) is 1. The molecule has 1 fully saturated rings. The molecule has 66 valence electrons. The lowest BCUT2D eigenvalue weighted by molar-refractivity contribution is 0.488. The third-order valence-corrected chi connectivity index (χ3v) is 3.09. The van der Waals surface area contributed by atoms with E-state index in [-0.39, 0.29) is 5.75 Å². The molecule has 0 amide bonds. The molecule has 1 saturated carbocycles. The Kier molecular flexibility index (Phi) is 2.54. The minimum atomic E-state index is -3.22. The van der Waals surface area contributed by atoms with Gasteiger partial charge in [0, 0.05) is 0 Å². The van der Waals surface area contributed by atoms with Crippen LogP contribution in [0.4, 0.5) is 0 Å². The molecule has 0 aromatic carbocycles. The number of hydrogen-bond donors (Lipinski definition) is 1. The number of hydrogen-bond acceptors (Lipinski definition) is 2. The van der Waals surface area contributed by atoms with Crippen molar-refractivity contribution < 1.29 is 8.42 Å². The first kappa shape index (κ1) is 9.00. The summed E-state index contributed by atoms with van der Waals surface area (Å²) in [5.74, 6) is 1.45. The van der Waals surface area contributed by atoms with Gasteiger partial charge in [-0.15, -0.1) is 0 Å². The fraction of sp³-hybridized carbons (Fsp3) is 1.00. The fourth-order valence-electron chi connectivity index (χ4n) is 1.25. The van der Waals surface area contributed by atoms with E-state index in [1.54, 1.807) is 0 Å². The van der Waals surface area contributed by atoms with Gasteiger partial charge < -0.3 is 0 Å². The molecule has 1 unspecified atom stereocenters. The van der Waals surface area contributed by atoms with Gasteiger partial charge in [-0.2, -0.15) is 0 Å². The van der Waals surface area contributed by atoms with Gasteiger partial charge >= 0.3 is 0 Å². The van der Waals surface area contributed by atoms with Gasteiger partial charge in [-0.05, 0) is 31.1 Å². The van der Waals surface area contributed by atoms with Crippen molar-refractivity contribution in [2.45, 2.75) is 26.2 Å². The van der Waals surface area contributed by atoms with Gasteiger partial charge in [0.2, 0.25) is 10.0 Å². The van der Waals surface area contributed by atoms with Crippen LogP contribution in [0.15, 0.2) is 0 Å². The van der Waals surface area contributed by atoms with Crippen LogP contribution in [0.1, 0.15) is 26.2 Å². The highest BCUT2D eigenvalue weighted by atomic mass is 32.2. The molecule has 1 rings (SSSR count). The second-order valence-electron chi connectivity index (χ2n) is 3.47. The Labute approximate surface area is 68.0 Å². The van der Waals surface area contributed by atoms with Crippen LogP contribution in [0.2, 0.25) is 0 Å². The zero-order valence-electron chi connectivity index (χ0n) is 6.79. The highest BCUT2D eigenvalue weighted by Crippen LogP contribution is 2.38. The maximum absolute atomic E-state index is 10.6. The maximum Gasteiger partial charge on any atom is 0.209 e. The lowest BCUT2D eigenvalue weighted by Gasteiger charge is -2.07. The average Bonchev–Trinajstić information content (AvgIpc) is 2.61. The van der Waals surface area contributed by atoms with E-state index >= 15 is 0 Å². The van der Waals surface area contributed by atoms with E-state index in [4.69, 9.17) is 5.14 Å². The smallest absolute Gasteiger partial charge is 0.209 e. The van der Waals surface area contributed by atoms with Crippen LogP contribution in [0, 0.1) is 11.8 Å². The van der Waals surface area contributed by atoms with E-state index in [9.17, 15) is 8.42 Å². The number of rotatable bonds is 4. The summed E-state index contributed by atoms with van der Waals surface area (Å²) in [6.45, 7) is 2.10. The summed E-state index contributed by atoms with van der Waals surface area (Å²) in [5, 5.41) is 4.88. The third kappa shape index (κ3) is 3.72. The van der Waals surface area contributed by atoms with Crippen molar-refractivity contribution in [1.29, 1.82) is 0 Å². The normalized spacial score (nSPS) is 21.6. The molecule has 0 aliphatic heterocycles. The van der Waals surface area contributed by atoms with Crippen LogP contribution in [0.3, 0.4) is 0 Å². The molecule has 11 heavy (non-hydrogen) atoms. The standard InChI is InChI=1S/C7H15NO2S/c1-6(7-2-3-7)4-5-11(8,9)10/h6-7H,2-5H2,1H3,(H2,8,9,10). The van der Waals surface area contributed by atoms with Crippen LogP contribution >= 0.6 is 0 Å². The fourth-order valence-corrected chi connectivity index (χ4v) is 1.95. The average molecular weight is 177 g/mol. The Hall–Kier alpha value is -0.0900. The van der Waals surface area contributed by atoms with Crippen LogP contribution < -0.4 is 5.14 Å². The van der Waals surface area contributed by atoms with E-state index in [1.165, 1.54) is 12.8 Å². The van der Waals surface area contributed by atoms with Crippen molar-refractivity contribution >= 4 is 10.0 Å². The highest BCUT2D eigenvalue weighted by molar-refractivity contribution is 7.89. The summed E-state index contributed by atoms with van der Waals surface area (Å²) in [6, 6.07) is 0. The van der Waals surface area contributed by atoms with Crippen LogP contribution in [-0.4, -0.2) is 14.2 Å². The third-order valence-electron chi connectivity index (χ3n) is 2.28. The zero-order chi connectivity index (χ0) is 8.48. The second kappa shape index (κ2) is 3.11. The Morgan fingerprint density at radius 3 is 2.45 bits per heavy atom. The number of primary sulfonamides is 1. The van der Waals surface area contributed by atoms with Crippen molar-refractivity contribution in [1.82, 2.24) is 0 Å². The van der Waals surface area contributed by atoms with Gasteiger partial charge in [-0.25, -0.2) is 13.6 Å². The molecule has 0 radical (unpaired) electrons. The number of sulfonamides is 1. The highest BCUT2D eigenvalue weighted by Gasteiger charge is 2.28. The van der Waals surface area contributed by atoms with E-state index in [2.05, 4.69) is 6.92 Å². The van der Waals surface area contributed by atoms with E-state index in [0.29, 0.717) is 5.92 Å². The molecule has 1 aliphatic carbocycles. The molecule has 0 spiro atoms. The molecule has 0 aromatic heterocycles. The molecule has 3 nitrogen and oxygen atoms in total. The first-order valence-corrected chi connectivity index (χ1v) is 5.71. The first-order chi connectivity index (χ1) is 4.99. The van der Waals surface area contributed by atoms with Crippen molar-refractivity contribution in [3.8, 4) is 0 Å². The van der Waals surface area contributed by atoms with Crippen LogP contribution in [-0.2, 0) is 10.0 Å². The second-order valence-corrected chi connectivity index (χ2v) is 5.20. The maximum atomic E-state index is 10.6. The molecule has 0 saturated heterocycles. The minimum absolute atomic E-state index is 0.144. The van der Waals surface area contributed by atoms with E-state index in [0.717, 1.165) is 12.3 Å². The SMILES string of the molecule is CC(CCS(N)(=O)=O)C1CC1. The molecule has 4 heteroatoms. The Morgan fingerprint density at radius 2 is 2.09 bits per heavy atom. The Bertz CT molecular complexity index is 219. The Morgan fingerprint density at radius 1 is 1.55 bits per heavy atom. The van der Waals surface area contributed by atoms with Crippen LogP contribution in [0.5, 0.6) is 0 Å². The summed E-state index contributed by atoms with van der Waals surface area (Å²) in [4.78, 5) is 0. The molecule has 2 N–H and O–H groups in total. The van der Waals surface area contributed by atoms with Crippen molar-refractivity contribution in [3.05, 3.63) is 0 Å². The molecule has 0 bridgehead atoms. The van der Waals surface area contributed by atoms with Gasteiger partial charge in [0.05, 0.1) is 5.75 Å². The topological polar surface area (TPSA) is 60.2 Å². The molecule has 0 aromatic rings. The lowest BCUT2D eigenvalue weighted by atomic mass is 10.0. The molecule has 0 heterocycles. The lowest BCUT2D eigenvalue weighted by Crippen LogP contribution is -2.18. The largest absolute Gasteiger partial charge is 0.229 e. The predicted molar refractivity (Wildman–Crippen MR) is 44.5 cm³/mol. The van der Waals surface area contributed by atoms with Gasteiger partial charge in [0.1, 0.15) is 0 Å². The summed E-state index contributed by atoms with van der Waals surface area (Å²) in [5.41, 5.74) is 0. The van der Waals surface area contributed by atoms with Crippen molar-refractivity contribution in [2.24, 2.45) is 17.0 Å². The molecular weight excluding hydrogens is 162 g/mol. The molecular formula is C7H15NO2S. The Balaban J connectivity index is 2.21. The molecule has 1 aliphatic rings. The van der Waals surface area contributed by atoms with Gasteiger partial charge in [0.15, 0.2) is 0 Å². The van der Waals surface area contributed by atoms with Gasteiger partial charge in [-0.1, -0.05) is 6.92 Å². The van der Waals surface area contributed by atoms with Gasteiger partial charge in [0.25, 0.3) is 0 Å². The van der Waals surface area contributed by atoms with E-state index in [1.807, 2.05) is 0 Å². The summed E-state index contributed by atoms with van der Waals surface area (Å²) in [7, 11) is -3.22.